The Morgan fingerprint density at radius 2 is 2.05 bits per heavy atom. The lowest BCUT2D eigenvalue weighted by Gasteiger charge is -2.27. The quantitative estimate of drug-likeness (QED) is 0.867. The van der Waals surface area contributed by atoms with Crippen molar-refractivity contribution in [3.63, 3.8) is 0 Å². The maximum atomic E-state index is 12.2. The van der Waals surface area contributed by atoms with E-state index in [1.54, 1.807) is 5.51 Å². The molecule has 1 unspecified atom stereocenters. The zero-order valence-corrected chi connectivity index (χ0v) is 12.8. The largest absolute Gasteiger partial charge is 0.339 e. The molecule has 0 bridgehead atoms. The van der Waals surface area contributed by atoms with Crippen LogP contribution in [0.4, 0.5) is 5.13 Å². The van der Waals surface area contributed by atoms with Crippen LogP contribution in [0.2, 0.25) is 0 Å². The van der Waals surface area contributed by atoms with Crippen LogP contribution in [0.25, 0.3) is 0 Å². The summed E-state index contributed by atoms with van der Waals surface area (Å²) >= 11 is 1.29. The lowest BCUT2D eigenvalue weighted by Crippen LogP contribution is -2.37. The number of amides is 2. The number of carbonyl (C=O) groups is 2. The molecule has 2 heterocycles. The number of aromatic nitrogens is 2. The Hall–Kier alpha value is -1.50. The van der Waals surface area contributed by atoms with E-state index in [0.717, 1.165) is 12.8 Å². The first-order valence-corrected chi connectivity index (χ1v) is 8.48. The fourth-order valence-electron chi connectivity index (χ4n) is 3.26. The summed E-state index contributed by atoms with van der Waals surface area (Å²) in [5, 5.41) is 10.7. The van der Waals surface area contributed by atoms with Crippen LogP contribution in [-0.4, -0.2) is 39.5 Å². The van der Waals surface area contributed by atoms with E-state index in [0.29, 0.717) is 24.1 Å². The van der Waals surface area contributed by atoms with E-state index in [2.05, 4.69) is 15.5 Å². The van der Waals surface area contributed by atoms with E-state index in [4.69, 9.17) is 0 Å². The third kappa shape index (κ3) is 3.40. The van der Waals surface area contributed by atoms with Crippen LogP contribution in [0, 0.1) is 5.92 Å². The Morgan fingerprint density at radius 3 is 2.71 bits per heavy atom. The maximum absolute atomic E-state index is 12.2. The Labute approximate surface area is 127 Å². The molecule has 3 rings (SSSR count). The minimum absolute atomic E-state index is 0.115. The number of hydrogen-bond donors (Lipinski definition) is 1. The Bertz CT molecular complexity index is 497. The molecule has 1 N–H and O–H groups in total. The molecule has 1 aromatic rings. The van der Waals surface area contributed by atoms with Gasteiger partial charge in [0.15, 0.2) is 0 Å². The lowest BCUT2D eigenvalue weighted by atomic mass is 10.1. The van der Waals surface area contributed by atoms with E-state index >= 15 is 0 Å². The summed E-state index contributed by atoms with van der Waals surface area (Å²) < 4.78 is 0. The monoisotopic (exact) mass is 308 g/mol. The topological polar surface area (TPSA) is 75.2 Å². The van der Waals surface area contributed by atoms with Gasteiger partial charge in [0.1, 0.15) is 5.51 Å². The molecule has 6 nitrogen and oxygen atoms in total. The predicted octanol–water partition coefficient (Wildman–Crippen LogP) is 2.05. The smallest absolute Gasteiger partial charge is 0.231 e. The molecule has 2 aliphatic rings. The van der Waals surface area contributed by atoms with Gasteiger partial charge in [-0.2, -0.15) is 0 Å². The molecule has 1 atom stereocenters. The highest BCUT2D eigenvalue weighted by Gasteiger charge is 2.38. The number of nitrogens with one attached hydrogen (secondary N) is 1. The van der Waals surface area contributed by atoms with Crippen molar-refractivity contribution in [2.24, 2.45) is 5.92 Å². The van der Waals surface area contributed by atoms with Gasteiger partial charge in [-0.15, -0.1) is 10.2 Å². The first kappa shape index (κ1) is 14.4. The highest BCUT2D eigenvalue weighted by molar-refractivity contribution is 7.13. The van der Waals surface area contributed by atoms with Crippen molar-refractivity contribution in [2.45, 2.75) is 51.0 Å². The molecule has 7 heteroatoms. The zero-order valence-electron chi connectivity index (χ0n) is 12.0. The molecule has 1 aromatic heterocycles. The van der Waals surface area contributed by atoms with E-state index in [1.165, 1.54) is 37.0 Å². The fourth-order valence-corrected chi connectivity index (χ4v) is 3.71. The second kappa shape index (κ2) is 6.51. The van der Waals surface area contributed by atoms with Crippen LogP contribution < -0.4 is 5.32 Å². The number of anilines is 1. The van der Waals surface area contributed by atoms with Gasteiger partial charge in [0.25, 0.3) is 0 Å². The molecule has 0 aromatic carbocycles. The number of hydrogen-bond acceptors (Lipinski definition) is 5. The molecule has 21 heavy (non-hydrogen) atoms. The van der Waals surface area contributed by atoms with Gasteiger partial charge >= 0.3 is 0 Å². The summed E-state index contributed by atoms with van der Waals surface area (Å²) in [6.07, 6.45) is 7.39. The first-order valence-electron chi connectivity index (χ1n) is 7.60. The molecule has 2 fully saturated rings. The average Bonchev–Trinajstić information content (AvgIpc) is 3.02. The molecule has 0 spiro atoms. The highest BCUT2D eigenvalue weighted by atomic mass is 32.1. The molecule has 1 saturated heterocycles. The molecular weight excluding hydrogens is 288 g/mol. The predicted molar refractivity (Wildman–Crippen MR) is 79.8 cm³/mol. The van der Waals surface area contributed by atoms with Gasteiger partial charge in [0, 0.05) is 19.0 Å². The molecule has 0 radical (unpaired) electrons. The molecule has 114 valence electrons. The van der Waals surface area contributed by atoms with Crippen molar-refractivity contribution in [1.82, 2.24) is 15.1 Å². The molecule has 2 amide bonds. The van der Waals surface area contributed by atoms with Crippen molar-refractivity contribution >= 4 is 28.3 Å². The van der Waals surface area contributed by atoms with Crippen LogP contribution in [0.1, 0.15) is 44.9 Å². The van der Waals surface area contributed by atoms with Crippen molar-refractivity contribution in [1.29, 1.82) is 0 Å². The second-order valence-corrected chi connectivity index (χ2v) is 6.66. The van der Waals surface area contributed by atoms with Gasteiger partial charge in [-0.1, -0.05) is 37.0 Å². The first-order chi connectivity index (χ1) is 10.2. The minimum Gasteiger partial charge on any atom is -0.339 e. The standard InChI is InChI=1S/C14H20N4O2S/c19-12-7-10(13(20)16-14-17-15-9-21-14)8-18(12)11-5-3-1-2-4-6-11/h9-11H,1-8H2,(H,16,17,20). The Morgan fingerprint density at radius 1 is 1.29 bits per heavy atom. The van der Waals surface area contributed by atoms with Crippen molar-refractivity contribution in [2.75, 3.05) is 11.9 Å². The summed E-state index contributed by atoms with van der Waals surface area (Å²) in [6.45, 7) is 0.550. The van der Waals surface area contributed by atoms with Crippen LogP contribution in [0.3, 0.4) is 0 Å². The zero-order chi connectivity index (χ0) is 14.7. The summed E-state index contributed by atoms with van der Waals surface area (Å²) in [5.41, 5.74) is 1.58. The van der Waals surface area contributed by atoms with Gasteiger partial charge in [0.2, 0.25) is 16.9 Å². The molecule has 1 aliphatic heterocycles. The van der Waals surface area contributed by atoms with Gasteiger partial charge in [0.05, 0.1) is 5.92 Å². The third-order valence-electron chi connectivity index (χ3n) is 4.38. The SMILES string of the molecule is O=C(Nc1nncs1)C1CC(=O)N(C2CCCCCC2)C1. The maximum Gasteiger partial charge on any atom is 0.231 e. The summed E-state index contributed by atoms with van der Waals surface area (Å²) in [4.78, 5) is 26.4. The number of rotatable bonds is 3. The second-order valence-electron chi connectivity index (χ2n) is 5.83. The van der Waals surface area contributed by atoms with E-state index < -0.39 is 0 Å². The molecule has 1 aliphatic carbocycles. The summed E-state index contributed by atoms with van der Waals surface area (Å²) in [5.74, 6) is -0.250. The van der Waals surface area contributed by atoms with E-state index in [-0.39, 0.29) is 17.7 Å². The molecule has 1 saturated carbocycles. The number of carbonyl (C=O) groups excluding carboxylic acids is 2. The average molecular weight is 308 g/mol. The van der Waals surface area contributed by atoms with Gasteiger partial charge < -0.3 is 10.2 Å². The van der Waals surface area contributed by atoms with Crippen molar-refractivity contribution in [3.05, 3.63) is 5.51 Å². The fraction of sp³-hybridized carbons (Fsp3) is 0.714. The summed E-state index contributed by atoms with van der Waals surface area (Å²) in [6, 6.07) is 0.333. The van der Waals surface area contributed by atoms with Gasteiger partial charge in [-0.3, -0.25) is 9.59 Å². The van der Waals surface area contributed by atoms with Crippen molar-refractivity contribution < 1.29 is 9.59 Å². The number of likely N-dealkylation sites (tertiary alicyclic amines) is 1. The van der Waals surface area contributed by atoms with Gasteiger partial charge in [-0.25, -0.2) is 0 Å². The minimum atomic E-state index is -0.260. The Kier molecular flexibility index (Phi) is 4.48. The third-order valence-corrected chi connectivity index (χ3v) is 4.99. The lowest BCUT2D eigenvalue weighted by molar-refractivity contribution is -0.130. The normalized spacial score (nSPS) is 24.1. The van der Waals surface area contributed by atoms with Gasteiger partial charge in [-0.05, 0) is 12.8 Å². The highest BCUT2D eigenvalue weighted by Crippen LogP contribution is 2.28. The van der Waals surface area contributed by atoms with Crippen molar-refractivity contribution in [3.8, 4) is 0 Å². The van der Waals surface area contributed by atoms with Crippen LogP contribution in [0.5, 0.6) is 0 Å². The summed E-state index contributed by atoms with van der Waals surface area (Å²) in [7, 11) is 0. The van der Waals surface area contributed by atoms with E-state index in [1.807, 2.05) is 4.90 Å². The van der Waals surface area contributed by atoms with Crippen LogP contribution >= 0.6 is 11.3 Å². The van der Waals surface area contributed by atoms with E-state index in [9.17, 15) is 9.59 Å². The molecular formula is C14H20N4O2S. The van der Waals surface area contributed by atoms with Crippen LogP contribution in [-0.2, 0) is 9.59 Å². The van der Waals surface area contributed by atoms with Crippen LogP contribution in [0.15, 0.2) is 5.51 Å². The number of nitrogens with zero attached hydrogens (tertiary/aromatic N) is 3. The Balaban J connectivity index is 1.59.